The average Bonchev–Trinajstić information content (AvgIpc) is 2.73. The fourth-order valence-electron chi connectivity index (χ4n) is 1.70. The molecule has 4 nitrogen and oxygen atoms in total. The quantitative estimate of drug-likeness (QED) is 0.663. The van der Waals surface area contributed by atoms with Crippen molar-refractivity contribution < 1.29 is 4.74 Å². The number of nitrogens with one attached hydrogen (secondary N) is 1. The van der Waals surface area contributed by atoms with Gasteiger partial charge in [-0.15, -0.1) is 6.58 Å². The van der Waals surface area contributed by atoms with Gasteiger partial charge in [-0.05, 0) is 31.3 Å². The van der Waals surface area contributed by atoms with Crippen LogP contribution in [0.15, 0.2) is 43.0 Å². The molecule has 1 N–H and O–H groups in total. The molecule has 0 saturated carbocycles. The molecule has 0 amide bonds. The minimum atomic E-state index is -0.180. The molecule has 0 aliphatic rings. The highest BCUT2D eigenvalue weighted by Gasteiger charge is 2.14. The normalized spacial score (nSPS) is 12.1. The predicted molar refractivity (Wildman–Crippen MR) is 73.1 cm³/mol. The first-order valence-electron chi connectivity index (χ1n) is 5.70. The molecule has 1 atom stereocenters. The van der Waals surface area contributed by atoms with Gasteiger partial charge in [0.25, 0.3) is 0 Å². The summed E-state index contributed by atoms with van der Waals surface area (Å²) in [6.45, 7) is 6.27. The van der Waals surface area contributed by atoms with E-state index in [1.54, 1.807) is 6.08 Å². The number of aromatic nitrogens is 3. The van der Waals surface area contributed by atoms with E-state index in [9.17, 15) is 0 Å². The van der Waals surface area contributed by atoms with Crippen LogP contribution in [-0.4, -0.2) is 14.8 Å². The Morgan fingerprint density at radius 2 is 2.22 bits per heavy atom. The van der Waals surface area contributed by atoms with Crippen LogP contribution < -0.4 is 4.74 Å². The number of hydrogen-bond donors (Lipinski definition) is 1. The molecular formula is C13H15N3OS. The zero-order valence-electron chi connectivity index (χ0n) is 10.2. The fraction of sp³-hybridized carbons (Fsp3) is 0.231. The van der Waals surface area contributed by atoms with Crippen LogP contribution in [0.2, 0.25) is 0 Å². The molecule has 1 heterocycles. The molecule has 0 spiro atoms. The molecule has 2 aromatic rings. The van der Waals surface area contributed by atoms with Gasteiger partial charge in [0.05, 0.1) is 0 Å². The highest BCUT2D eigenvalue weighted by molar-refractivity contribution is 7.71. The van der Waals surface area contributed by atoms with Gasteiger partial charge >= 0.3 is 0 Å². The van der Waals surface area contributed by atoms with E-state index in [-0.39, 0.29) is 6.10 Å². The summed E-state index contributed by atoms with van der Waals surface area (Å²) in [5, 5.41) is 6.98. The molecule has 94 valence electrons. The third kappa shape index (κ3) is 2.68. The smallest absolute Gasteiger partial charge is 0.195 e. The monoisotopic (exact) mass is 261 g/mol. The van der Waals surface area contributed by atoms with Crippen LogP contribution in [0.5, 0.6) is 5.75 Å². The summed E-state index contributed by atoms with van der Waals surface area (Å²) in [4.78, 5) is 0. The van der Waals surface area contributed by atoms with Gasteiger partial charge in [0.2, 0.25) is 0 Å². The Balaban J connectivity index is 2.21. The van der Waals surface area contributed by atoms with Gasteiger partial charge in [0.15, 0.2) is 16.7 Å². The maximum Gasteiger partial charge on any atom is 0.195 e. The van der Waals surface area contributed by atoms with Gasteiger partial charge in [-0.25, -0.2) is 0 Å². The largest absolute Gasteiger partial charge is 0.483 e. The molecule has 0 bridgehead atoms. The zero-order chi connectivity index (χ0) is 13.0. The first-order chi connectivity index (χ1) is 8.72. The van der Waals surface area contributed by atoms with E-state index in [0.717, 1.165) is 11.6 Å². The van der Waals surface area contributed by atoms with E-state index in [2.05, 4.69) is 16.8 Å². The molecule has 0 radical (unpaired) electrons. The SMILES string of the molecule is C=CCn1c([C@@H](C)Oc2ccccc2)n[nH]c1=S. The van der Waals surface area contributed by atoms with Crippen molar-refractivity contribution in [2.75, 3.05) is 0 Å². The van der Waals surface area contributed by atoms with Crippen LogP contribution in [0, 0.1) is 4.77 Å². The van der Waals surface area contributed by atoms with E-state index in [1.165, 1.54) is 0 Å². The van der Waals surface area contributed by atoms with Crippen molar-refractivity contribution in [3.05, 3.63) is 53.6 Å². The average molecular weight is 261 g/mol. The van der Waals surface area contributed by atoms with Gasteiger partial charge in [0.1, 0.15) is 5.75 Å². The van der Waals surface area contributed by atoms with E-state index in [0.29, 0.717) is 11.3 Å². The highest BCUT2D eigenvalue weighted by atomic mass is 32.1. The maximum absolute atomic E-state index is 5.82. The summed E-state index contributed by atoms with van der Waals surface area (Å²) in [7, 11) is 0. The summed E-state index contributed by atoms with van der Waals surface area (Å²) in [5.41, 5.74) is 0. The third-order valence-electron chi connectivity index (χ3n) is 2.52. The van der Waals surface area contributed by atoms with Gasteiger partial charge in [-0.3, -0.25) is 9.67 Å². The van der Waals surface area contributed by atoms with Gasteiger partial charge < -0.3 is 4.74 Å². The van der Waals surface area contributed by atoms with Gasteiger partial charge in [-0.2, -0.15) is 5.10 Å². The summed E-state index contributed by atoms with van der Waals surface area (Å²) < 4.78 is 8.26. The van der Waals surface area contributed by atoms with Crippen LogP contribution in [0.25, 0.3) is 0 Å². The Morgan fingerprint density at radius 1 is 1.50 bits per heavy atom. The number of ether oxygens (including phenoxy) is 1. The van der Waals surface area contributed by atoms with Crippen molar-refractivity contribution in [3.8, 4) is 5.75 Å². The molecule has 0 aliphatic carbocycles. The van der Waals surface area contributed by atoms with Crippen molar-refractivity contribution >= 4 is 12.2 Å². The summed E-state index contributed by atoms with van der Waals surface area (Å²) >= 11 is 5.16. The molecule has 0 fully saturated rings. The number of hydrogen-bond acceptors (Lipinski definition) is 3. The Morgan fingerprint density at radius 3 is 2.89 bits per heavy atom. The van der Waals surface area contributed by atoms with Crippen LogP contribution in [-0.2, 0) is 6.54 Å². The Bertz CT molecular complexity index is 573. The minimum Gasteiger partial charge on any atom is -0.483 e. The Labute approximate surface area is 111 Å². The molecule has 2 rings (SSSR count). The highest BCUT2D eigenvalue weighted by Crippen LogP contribution is 2.19. The van der Waals surface area contributed by atoms with Crippen LogP contribution in [0.1, 0.15) is 18.9 Å². The molecule has 18 heavy (non-hydrogen) atoms. The molecule has 0 saturated heterocycles. The lowest BCUT2D eigenvalue weighted by Crippen LogP contribution is -2.11. The zero-order valence-corrected chi connectivity index (χ0v) is 11.0. The lowest BCUT2D eigenvalue weighted by Gasteiger charge is -2.14. The summed E-state index contributed by atoms with van der Waals surface area (Å²) in [6, 6.07) is 9.64. The van der Waals surface area contributed by atoms with Crippen molar-refractivity contribution in [2.45, 2.75) is 19.6 Å². The molecule has 0 aliphatic heterocycles. The summed E-state index contributed by atoms with van der Waals surface area (Å²) in [5.74, 6) is 1.58. The second-order valence-corrected chi connectivity index (χ2v) is 4.25. The van der Waals surface area contributed by atoms with Crippen molar-refractivity contribution in [1.29, 1.82) is 0 Å². The summed E-state index contributed by atoms with van der Waals surface area (Å²) in [6.07, 6.45) is 1.60. The first-order valence-corrected chi connectivity index (χ1v) is 6.11. The molecular weight excluding hydrogens is 246 g/mol. The van der Waals surface area contributed by atoms with Crippen molar-refractivity contribution in [2.24, 2.45) is 0 Å². The van der Waals surface area contributed by atoms with E-state index in [4.69, 9.17) is 17.0 Å². The molecule has 0 unspecified atom stereocenters. The Kier molecular flexibility index (Phi) is 3.94. The lowest BCUT2D eigenvalue weighted by molar-refractivity contribution is 0.211. The second-order valence-electron chi connectivity index (χ2n) is 3.86. The van der Waals surface area contributed by atoms with E-state index in [1.807, 2.05) is 41.8 Å². The van der Waals surface area contributed by atoms with Crippen molar-refractivity contribution in [3.63, 3.8) is 0 Å². The number of allylic oxidation sites excluding steroid dienone is 1. The molecule has 5 heteroatoms. The maximum atomic E-state index is 5.82. The predicted octanol–water partition coefficient (Wildman–Crippen LogP) is 3.27. The lowest BCUT2D eigenvalue weighted by atomic mass is 10.3. The van der Waals surface area contributed by atoms with E-state index >= 15 is 0 Å². The molecule has 1 aromatic carbocycles. The van der Waals surface area contributed by atoms with Crippen LogP contribution in [0.3, 0.4) is 0 Å². The topological polar surface area (TPSA) is 42.8 Å². The number of benzene rings is 1. The standard InChI is InChI=1S/C13H15N3OS/c1-3-9-16-12(14-15-13(16)18)10(2)17-11-7-5-4-6-8-11/h3-8,10H,1,9H2,2H3,(H,15,18)/t10-/m1/s1. The van der Waals surface area contributed by atoms with E-state index < -0.39 is 0 Å². The number of rotatable bonds is 5. The minimum absolute atomic E-state index is 0.180. The molecule has 1 aromatic heterocycles. The van der Waals surface area contributed by atoms with Crippen LogP contribution in [0.4, 0.5) is 0 Å². The van der Waals surface area contributed by atoms with Gasteiger partial charge in [-0.1, -0.05) is 24.3 Å². The number of aromatic amines is 1. The van der Waals surface area contributed by atoms with Crippen molar-refractivity contribution in [1.82, 2.24) is 14.8 Å². The van der Waals surface area contributed by atoms with Gasteiger partial charge in [0, 0.05) is 6.54 Å². The third-order valence-corrected chi connectivity index (χ3v) is 2.83. The number of nitrogens with zero attached hydrogens (tertiary/aromatic N) is 2. The fourth-order valence-corrected chi connectivity index (χ4v) is 1.92. The second kappa shape index (κ2) is 5.64. The Hall–Kier alpha value is -1.88. The first kappa shape index (κ1) is 12.6. The van der Waals surface area contributed by atoms with Crippen LogP contribution >= 0.6 is 12.2 Å². The number of para-hydroxylation sites is 1. The number of H-pyrrole nitrogens is 1.